The molecule has 1 aliphatic rings. The summed E-state index contributed by atoms with van der Waals surface area (Å²) in [5, 5.41) is 11.0. The predicted molar refractivity (Wildman–Crippen MR) is 100 cm³/mol. The first-order valence-corrected chi connectivity index (χ1v) is 9.69. The quantitative estimate of drug-likeness (QED) is 0.684. The van der Waals surface area contributed by atoms with Gasteiger partial charge in [0.1, 0.15) is 10.3 Å². The summed E-state index contributed by atoms with van der Waals surface area (Å²) in [5.41, 5.74) is 2.97. The van der Waals surface area contributed by atoms with Crippen LogP contribution in [0.1, 0.15) is 28.8 Å². The van der Waals surface area contributed by atoms with Gasteiger partial charge in [-0.3, -0.25) is 5.41 Å². The Bertz CT molecular complexity index is 974. The van der Waals surface area contributed by atoms with Gasteiger partial charge in [-0.1, -0.05) is 29.3 Å². The molecule has 0 aliphatic heterocycles. The van der Waals surface area contributed by atoms with E-state index in [1.165, 1.54) is 23.3 Å². The minimum atomic E-state index is 0.574. The molecule has 0 atom stereocenters. The monoisotopic (exact) mass is 377 g/mol. The van der Waals surface area contributed by atoms with Crippen LogP contribution in [0, 0.1) is 5.41 Å². The van der Waals surface area contributed by atoms with E-state index in [-0.39, 0.29) is 0 Å². The Morgan fingerprint density at radius 2 is 2.04 bits per heavy atom. The number of nitrogens with zero attached hydrogens (tertiary/aromatic N) is 2. The molecule has 1 N–H and O–H groups in total. The Morgan fingerprint density at radius 3 is 2.88 bits per heavy atom. The van der Waals surface area contributed by atoms with E-state index in [9.17, 15) is 0 Å². The minimum Gasteiger partial charge on any atom is -0.317 e. The molecule has 0 spiro atoms. The molecule has 6 heteroatoms. The van der Waals surface area contributed by atoms with Crippen molar-refractivity contribution in [3.63, 3.8) is 0 Å². The molecule has 0 unspecified atom stereocenters. The largest absolute Gasteiger partial charge is 0.317 e. The Kier molecular flexibility index (Phi) is 4.37. The molecule has 0 bridgehead atoms. The van der Waals surface area contributed by atoms with E-state index in [4.69, 9.17) is 28.6 Å². The average Bonchev–Trinajstić information content (AvgIpc) is 2.95. The van der Waals surface area contributed by atoms with Crippen molar-refractivity contribution in [2.75, 3.05) is 0 Å². The fourth-order valence-corrected chi connectivity index (χ4v) is 5.08. The van der Waals surface area contributed by atoms with Gasteiger partial charge in [0.15, 0.2) is 0 Å². The van der Waals surface area contributed by atoms with Crippen LogP contribution in [0.4, 0.5) is 0 Å². The zero-order chi connectivity index (χ0) is 16.7. The van der Waals surface area contributed by atoms with Gasteiger partial charge in [0.05, 0.1) is 11.7 Å². The van der Waals surface area contributed by atoms with E-state index in [0.717, 1.165) is 35.0 Å². The standard InChI is InChI=1S/C18H17Cl2N3S/c19-12-6-5-11(14(20)9-12)7-8-23-10-22-18-16(17(23)21)13-3-1-2-4-15(13)24-18/h5-6,9-10,21H,1-4,7-8H2. The fraction of sp³-hybridized carbons (Fsp3) is 0.333. The minimum absolute atomic E-state index is 0.574. The topological polar surface area (TPSA) is 41.7 Å². The molecule has 2 heterocycles. The number of nitrogens with one attached hydrogen (secondary N) is 1. The summed E-state index contributed by atoms with van der Waals surface area (Å²) in [5.74, 6) is 0. The molecule has 0 saturated carbocycles. The molecule has 1 aromatic carbocycles. The number of aryl methyl sites for hydroxylation is 4. The number of thiophene rings is 1. The summed E-state index contributed by atoms with van der Waals surface area (Å²) >= 11 is 14.0. The van der Waals surface area contributed by atoms with Crippen molar-refractivity contribution in [3.8, 4) is 0 Å². The van der Waals surface area contributed by atoms with Gasteiger partial charge in [-0.05, 0) is 55.4 Å². The van der Waals surface area contributed by atoms with E-state index < -0.39 is 0 Å². The molecule has 0 radical (unpaired) electrons. The first-order valence-electron chi connectivity index (χ1n) is 8.11. The van der Waals surface area contributed by atoms with Gasteiger partial charge in [0.2, 0.25) is 0 Å². The van der Waals surface area contributed by atoms with E-state index in [1.54, 1.807) is 23.7 Å². The Hall–Kier alpha value is -1.36. The molecular formula is C18H17Cl2N3S. The highest BCUT2D eigenvalue weighted by Gasteiger charge is 2.18. The van der Waals surface area contributed by atoms with Gasteiger partial charge in [0, 0.05) is 21.5 Å². The molecule has 2 aromatic heterocycles. The Balaban J connectivity index is 1.67. The lowest BCUT2D eigenvalue weighted by atomic mass is 9.97. The van der Waals surface area contributed by atoms with Crippen molar-refractivity contribution in [1.29, 1.82) is 5.41 Å². The van der Waals surface area contributed by atoms with Crippen molar-refractivity contribution < 1.29 is 0 Å². The van der Waals surface area contributed by atoms with Crippen molar-refractivity contribution in [3.05, 3.63) is 56.1 Å². The van der Waals surface area contributed by atoms with Gasteiger partial charge < -0.3 is 4.57 Å². The molecule has 1 aliphatic carbocycles. The average molecular weight is 378 g/mol. The number of hydrogen-bond acceptors (Lipinski definition) is 3. The smallest absolute Gasteiger partial charge is 0.136 e. The van der Waals surface area contributed by atoms with Crippen molar-refractivity contribution in [1.82, 2.24) is 9.55 Å². The van der Waals surface area contributed by atoms with Crippen LogP contribution in [0.2, 0.25) is 10.0 Å². The first-order chi connectivity index (χ1) is 11.6. The van der Waals surface area contributed by atoms with Crippen LogP contribution in [0.5, 0.6) is 0 Å². The predicted octanol–water partition coefficient (Wildman–Crippen LogP) is 5.01. The number of hydrogen-bond donors (Lipinski definition) is 1. The second-order valence-corrected chi connectivity index (χ2v) is 8.09. The van der Waals surface area contributed by atoms with Gasteiger partial charge in [-0.2, -0.15) is 0 Å². The molecule has 3 nitrogen and oxygen atoms in total. The summed E-state index contributed by atoms with van der Waals surface area (Å²) in [6.07, 6.45) is 7.23. The van der Waals surface area contributed by atoms with Gasteiger partial charge in [-0.15, -0.1) is 11.3 Å². The lowest BCUT2D eigenvalue weighted by Gasteiger charge is -2.12. The maximum atomic E-state index is 8.63. The van der Waals surface area contributed by atoms with Crippen LogP contribution in [-0.4, -0.2) is 9.55 Å². The molecule has 0 saturated heterocycles. The number of aromatic nitrogens is 2. The molecule has 3 aromatic rings. The normalized spacial score (nSPS) is 14.1. The van der Waals surface area contributed by atoms with Crippen LogP contribution in [-0.2, 0) is 25.8 Å². The molecule has 0 amide bonds. The lowest BCUT2D eigenvalue weighted by molar-refractivity contribution is 0.644. The maximum Gasteiger partial charge on any atom is 0.136 e. The van der Waals surface area contributed by atoms with Crippen LogP contribution >= 0.6 is 34.5 Å². The molecule has 24 heavy (non-hydrogen) atoms. The molecular weight excluding hydrogens is 361 g/mol. The third kappa shape index (κ3) is 2.87. The second-order valence-electron chi connectivity index (χ2n) is 6.16. The van der Waals surface area contributed by atoms with Gasteiger partial charge in [-0.25, -0.2) is 4.98 Å². The van der Waals surface area contributed by atoms with E-state index in [0.29, 0.717) is 22.1 Å². The highest BCUT2D eigenvalue weighted by molar-refractivity contribution is 7.18. The van der Waals surface area contributed by atoms with E-state index in [1.807, 2.05) is 16.7 Å². The number of fused-ring (bicyclic) bond motifs is 3. The molecule has 124 valence electrons. The second kappa shape index (κ2) is 6.51. The summed E-state index contributed by atoms with van der Waals surface area (Å²) in [6, 6.07) is 5.57. The zero-order valence-electron chi connectivity index (χ0n) is 13.1. The third-order valence-electron chi connectivity index (χ3n) is 4.63. The highest BCUT2D eigenvalue weighted by atomic mass is 35.5. The third-order valence-corrected chi connectivity index (χ3v) is 6.42. The summed E-state index contributed by atoms with van der Waals surface area (Å²) < 4.78 is 1.93. The van der Waals surface area contributed by atoms with E-state index in [2.05, 4.69) is 4.98 Å². The van der Waals surface area contributed by atoms with Crippen LogP contribution in [0.25, 0.3) is 10.2 Å². The Morgan fingerprint density at radius 1 is 1.21 bits per heavy atom. The summed E-state index contributed by atoms with van der Waals surface area (Å²) in [4.78, 5) is 7.04. The van der Waals surface area contributed by atoms with Crippen molar-refractivity contribution in [2.24, 2.45) is 0 Å². The lowest BCUT2D eigenvalue weighted by Crippen LogP contribution is -2.22. The van der Waals surface area contributed by atoms with Crippen LogP contribution < -0.4 is 5.49 Å². The van der Waals surface area contributed by atoms with Gasteiger partial charge in [0.25, 0.3) is 0 Å². The highest BCUT2D eigenvalue weighted by Crippen LogP contribution is 2.33. The van der Waals surface area contributed by atoms with E-state index >= 15 is 0 Å². The van der Waals surface area contributed by atoms with Crippen molar-refractivity contribution >= 4 is 44.8 Å². The first kappa shape index (κ1) is 16.1. The summed E-state index contributed by atoms with van der Waals surface area (Å²) in [6.45, 7) is 0.688. The van der Waals surface area contributed by atoms with Crippen LogP contribution in [0.15, 0.2) is 24.5 Å². The Labute approximate surface area is 154 Å². The zero-order valence-corrected chi connectivity index (χ0v) is 15.4. The SMILES string of the molecule is N=c1c2c3c(sc2ncn1CCc1ccc(Cl)cc1Cl)CCCC3. The number of halogens is 2. The van der Waals surface area contributed by atoms with Gasteiger partial charge >= 0.3 is 0 Å². The number of rotatable bonds is 3. The van der Waals surface area contributed by atoms with Crippen LogP contribution in [0.3, 0.4) is 0 Å². The molecule has 4 rings (SSSR count). The summed E-state index contributed by atoms with van der Waals surface area (Å²) in [7, 11) is 0. The maximum absolute atomic E-state index is 8.63. The molecule has 0 fully saturated rings. The number of benzene rings is 1. The fourth-order valence-electron chi connectivity index (χ4n) is 3.34. The van der Waals surface area contributed by atoms with Crippen molar-refractivity contribution in [2.45, 2.75) is 38.6 Å².